The molecule has 30 heavy (non-hydrogen) atoms. The normalized spacial score (nSPS) is 16.5. The third-order valence-electron chi connectivity index (χ3n) is 5.94. The van der Waals surface area contributed by atoms with Crippen molar-refractivity contribution in [2.45, 2.75) is 32.6 Å². The fourth-order valence-corrected chi connectivity index (χ4v) is 4.20. The Labute approximate surface area is 174 Å². The Balaban J connectivity index is 1.34. The highest BCUT2D eigenvalue weighted by Gasteiger charge is 2.32. The molecule has 1 saturated heterocycles. The van der Waals surface area contributed by atoms with Gasteiger partial charge in [-0.1, -0.05) is 30.3 Å². The van der Waals surface area contributed by atoms with Crippen molar-refractivity contribution in [3.63, 3.8) is 0 Å². The van der Waals surface area contributed by atoms with Gasteiger partial charge in [-0.2, -0.15) is 5.10 Å². The van der Waals surface area contributed by atoms with E-state index < -0.39 is 0 Å². The summed E-state index contributed by atoms with van der Waals surface area (Å²) in [5, 5.41) is 13.2. The molecule has 0 N–H and O–H groups in total. The first kappa shape index (κ1) is 18.5. The van der Waals surface area contributed by atoms with Crippen LogP contribution in [-0.4, -0.2) is 48.5 Å². The van der Waals surface area contributed by atoms with Gasteiger partial charge in [-0.05, 0) is 49.6 Å². The number of benzene rings is 1. The Bertz CT molecular complexity index is 1210. The Hall–Kier alpha value is -3.48. The minimum absolute atomic E-state index is 0.0405. The highest BCUT2D eigenvalue weighted by Crippen LogP contribution is 2.28. The van der Waals surface area contributed by atoms with Gasteiger partial charge in [0.15, 0.2) is 0 Å². The van der Waals surface area contributed by atoms with Crippen molar-refractivity contribution in [1.82, 2.24) is 29.5 Å². The van der Waals surface area contributed by atoms with Crippen LogP contribution in [0.5, 0.6) is 0 Å². The number of nitrogens with zero attached hydrogens (tertiary/aromatic N) is 6. The van der Waals surface area contributed by atoms with Crippen molar-refractivity contribution < 1.29 is 4.79 Å². The minimum atomic E-state index is 0.0405. The molecule has 1 fully saturated rings. The summed E-state index contributed by atoms with van der Waals surface area (Å²) in [7, 11) is 0. The van der Waals surface area contributed by atoms with Crippen LogP contribution in [0.3, 0.4) is 0 Å². The van der Waals surface area contributed by atoms with Crippen LogP contribution < -0.4 is 0 Å². The van der Waals surface area contributed by atoms with E-state index in [0.717, 1.165) is 35.4 Å². The standard InChI is InChI=1S/C23H24N6O/c1-3-17-7-9-19(10-8-17)29-15-20(24-26-29)18-11-13-27(14-18)23(30)22-16(2)25-28-12-5-4-6-21(22)28/h4-10,12,15,18H,3,11,13-14H2,1-2H3. The first-order chi connectivity index (χ1) is 14.6. The zero-order chi connectivity index (χ0) is 20.7. The Kier molecular flexibility index (Phi) is 4.58. The number of carbonyl (C=O) groups excluding carboxylic acids is 1. The lowest BCUT2D eigenvalue weighted by molar-refractivity contribution is 0.0792. The maximum Gasteiger partial charge on any atom is 0.257 e. The number of fused-ring (bicyclic) bond motifs is 1. The fraction of sp³-hybridized carbons (Fsp3) is 0.304. The number of pyridine rings is 1. The number of aromatic nitrogens is 5. The highest BCUT2D eigenvalue weighted by molar-refractivity contribution is 6.02. The predicted molar refractivity (Wildman–Crippen MR) is 114 cm³/mol. The summed E-state index contributed by atoms with van der Waals surface area (Å²) in [6, 6.07) is 14.2. The Morgan fingerprint density at radius 3 is 2.80 bits per heavy atom. The first-order valence-corrected chi connectivity index (χ1v) is 10.4. The molecule has 0 spiro atoms. The topological polar surface area (TPSA) is 68.3 Å². The van der Waals surface area contributed by atoms with Crippen LogP contribution in [0.25, 0.3) is 11.2 Å². The summed E-state index contributed by atoms with van der Waals surface area (Å²) < 4.78 is 3.58. The van der Waals surface area contributed by atoms with Gasteiger partial charge in [-0.25, -0.2) is 9.20 Å². The molecule has 152 valence electrons. The fourth-order valence-electron chi connectivity index (χ4n) is 4.20. The zero-order valence-electron chi connectivity index (χ0n) is 17.2. The SMILES string of the molecule is CCc1ccc(-n2cc(C3CCN(C(=O)c4c(C)nn5ccccc45)C3)nn2)cc1. The lowest BCUT2D eigenvalue weighted by atomic mass is 10.1. The van der Waals surface area contributed by atoms with Gasteiger partial charge < -0.3 is 4.90 Å². The predicted octanol–water partition coefficient (Wildman–Crippen LogP) is 3.42. The van der Waals surface area contributed by atoms with Gasteiger partial charge in [0.2, 0.25) is 0 Å². The van der Waals surface area contributed by atoms with Crippen LogP contribution in [0.2, 0.25) is 0 Å². The lowest BCUT2D eigenvalue weighted by Gasteiger charge is -2.16. The number of carbonyl (C=O) groups is 1. The molecule has 7 nitrogen and oxygen atoms in total. The van der Waals surface area contributed by atoms with Gasteiger partial charge in [0, 0.05) is 25.2 Å². The maximum atomic E-state index is 13.2. The maximum absolute atomic E-state index is 13.2. The van der Waals surface area contributed by atoms with Crippen LogP contribution in [0.4, 0.5) is 0 Å². The molecule has 1 aliphatic heterocycles. The molecule has 1 aromatic carbocycles. The molecular weight excluding hydrogens is 376 g/mol. The molecule has 1 amide bonds. The zero-order valence-corrected chi connectivity index (χ0v) is 17.2. The monoisotopic (exact) mass is 400 g/mol. The lowest BCUT2D eigenvalue weighted by Crippen LogP contribution is -2.29. The third-order valence-corrected chi connectivity index (χ3v) is 5.94. The molecule has 3 aromatic heterocycles. The molecule has 4 heterocycles. The third kappa shape index (κ3) is 3.16. The van der Waals surface area contributed by atoms with E-state index in [1.54, 1.807) is 4.52 Å². The average Bonchev–Trinajstić information content (AvgIpc) is 3.50. The van der Waals surface area contributed by atoms with Crippen molar-refractivity contribution in [3.05, 3.63) is 77.4 Å². The summed E-state index contributed by atoms with van der Waals surface area (Å²) in [6.45, 7) is 5.40. The molecule has 4 aromatic rings. The van der Waals surface area contributed by atoms with Crippen LogP contribution in [0.1, 0.15) is 46.6 Å². The molecule has 0 saturated carbocycles. The van der Waals surface area contributed by atoms with E-state index in [2.05, 4.69) is 46.6 Å². The largest absolute Gasteiger partial charge is 0.338 e. The quantitative estimate of drug-likeness (QED) is 0.526. The number of aryl methyl sites for hydroxylation is 2. The summed E-state index contributed by atoms with van der Waals surface area (Å²) in [5.41, 5.74) is 5.53. The van der Waals surface area contributed by atoms with Crippen LogP contribution in [-0.2, 0) is 6.42 Å². The molecule has 1 aliphatic rings. The van der Waals surface area contributed by atoms with Crippen LogP contribution >= 0.6 is 0 Å². The molecule has 7 heteroatoms. The van der Waals surface area contributed by atoms with E-state index >= 15 is 0 Å². The number of rotatable bonds is 4. The van der Waals surface area contributed by atoms with Gasteiger partial charge >= 0.3 is 0 Å². The smallest absolute Gasteiger partial charge is 0.257 e. The van der Waals surface area contributed by atoms with Gasteiger partial charge in [0.05, 0.1) is 34.4 Å². The van der Waals surface area contributed by atoms with Gasteiger partial charge in [-0.15, -0.1) is 5.10 Å². The molecular formula is C23H24N6O. The van der Waals surface area contributed by atoms with E-state index in [1.165, 1.54) is 5.56 Å². The molecule has 0 bridgehead atoms. The number of likely N-dealkylation sites (tertiary alicyclic amines) is 1. The molecule has 1 atom stereocenters. The van der Waals surface area contributed by atoms with E-state index in [1.807, 2.05) is 47.1 Å². The Morgan fingerprint density at radius 1 is 1.17 bits per heavy atom. The molecule has 5 rings (SSSR count). The molecule has 0 radical (unpaired) electrons. The van der Waals surface area contributed by atoms with Crippen LogP contribution in [0.15, 0.2) is 54.9 Å². The molecule has 1 unspecified atom stereocenters. The van der Waals surface area contributed by atoms with Crippen molar-refractivity contribution in [2.24, 2.45) is 0 Å². The van der Waals surface area contributed by atoms with E-state index in [0.29, 0.717) is 18.7 Å². The second-order valence-electron chi connectivity index (χ2n) is 7.84. The summed E-state index contributed by atoms with van der Waals surface area (Å²) in [6.07, 6.45) is 5.76. The van der Waals surface area contributed by atoms with Crippen LogP contribution in [0, 0.1) is 6.92 Å². The number of amides is 1. The number of hydrogen-bond donors (Lipinski definition) is 0. The van der Waals surface area contributed by atoms with Crippen molar-refractivity contribution in [3.8, 4) is 5.69 Å². The minimum Gasteiger partial charge on any atom is -0.338 e. The van der Waals surface area contributed by atoms with E-state index in [-0.39, 0.29) is 11.8 Å². The van der Waals surface area contributed by atoms with Gasteiger partial charge in [0.1, 0.15) is 0 Å². The second-order valence-corrected chi connectivity index (χ2v) is 7.84. The highest BCUT2D eigenvalue weighted by atomic mass is 16.2. The van der Waals surface area contributed by atoms with Crippen molar-refractivity contribution in [1.29, 1.82) is 0 Å². The van der Waals surface area contributed by atoms with E-state index in [9.17, 15) is 4.79 Å². The molecule has 0 aliphatic carbocycles. The average molecular weight is 400 g/mol. The van der Waals surface area contributed by atoms with E-state index in [4.69, 9.17) is 0 Å². The summed E-state index contributed by atoms with van der Waals surface area (Å²) in [4.78, 5) is 15.2. The Morgan fingerprint density at radius 2 is 2.00 bits per heavy atom. The first-order valence-electron chi connectivity index (χ1n) is 10.4. The second kappa shape index (κ2) is 7.40. The summed E-state index contributed by atoms with van der Waals surface area (Å²) in [5.74, 6) is 0.235. The van der Waals surface area contributed by atoms with Gasteiger partial charge in [-0.3, -0.25) is 4.79 Å². The summed E-state index contributed by atoms with van der Waals surface area (Å²) >= 11 is 0. The van der Waals surface area contributed by atoms with Crippen molar-refractivity contribution in [2.75, 3.05) is 13.1 Å². The van der Waals surface area contributed by atoms with Gasteiger partial charge in [0.25, 0.3) is 5.91 Å². The number of hydrogen-bond acceptors (Lipinski definition) is 4. The van der Waals surface area contributed by atoms with Crippen molar-refractivity contribution >= 4 is 11.4 Å².